The van der Waals surface area contributed by atoms with E-state index in [0.717, 1.165) is 32.8 Å². The molecule has 0 spiro atoms. The third kappa shape index (κ3) is 5.51. The molecule has 2 aromatic rings. The van der Waals surface area contributed by atoms with Crippen LogP contribution in [-0.4, -0.2) is 55.1 Å². The standard InChI is InChI=1S/C20H24Cl2FN5O2/c1-12(17-14(21)2-3-15(23)18(17)22)30-16-10-13(11-27-20(16)25)19(24)26-4-5-28-6-8-29-9-7-28/h2-3,10-12H,4-9H2,1H3,(H2,24,26)(H2,25,27). The Labute approximate surface area is 184 Å². The van der Waals surface area contributed by atoms with Crippen molar-refractivity contribution in [3.8, 4) is 5.75 Å². The number of nitrogens with two attached hydrogens (primary N) is 1. The fraction of sp³-hybridized carbons (Fsp3) is 0.400. The Hall–Kier alpha value is -2.13. The van der Waals surface area contributed by atoms with Gasteiger partial charge in [0, 0.05) is 48.5 Å². The quantitative estimate of drug-likeness (QED) is 0.335. The Kier molecular flexibility index (Phi) is 7.71. The van der Waals surface area contributed by atoms with Crippen LogP contribution in [0.25, 0.3) is 0 Å². The average Bonchev–Trinajstić information content (AvgIpc) is 2.73. The molecule has 162 valence electrons. The second kappa shape index (κ2) is 10.3. The van der Waals surface area contributed by atoms with Crippen LogP contribution in [0.15, 0.2) is 24.4 Å². The summed E-state index contributed by atoms with van der Waals surface area (Å²) in [7, 11) is 0. The topological polar surface area (TPSA) is 96.5 Å². The molecule has 10 heteroatoms. The number of ether oxygens (including phenoxy) is 2. The van der Waals surface area contributed by atoms with E-state index in [4.69, 9.17) is 43.8 Å². The number of hydrogen-bond donors (Lipinski definition) is 3. The SMILES string of the molecule is CC(Oc1cc(C(=N)NCCN2CCOCC2)cnc1N)c1c(Cl)ccc(F)c1Cl. The summed E-state index contributed by atoms with van der Waals surface area (Å²) in [6.45, 7) is 6.36. The van der Waals surface area contributed by atoms with Crippen molar-refractivity contribution in [1.29, 1.82) is 5.41 Å². The van der Waals surface area contributed by atoms with Crippen LogP contribution >= 0.6 is 23.2 Å². The number of nitrogens with one attached hydrogen (secondary N) is 2. The van der Waals surface area contributed by atoms with Crippen LogP contribution in [-0.2, 0) is 4.74 Å². The largest absolute Gasteiger partial charge is 0.482 e. The first-order valence-corrected chi connectivity index (χ1v) is 10.3. The smallest absolute Gasteiger partial charge is 0.166 e. The molecule has 7 nitrogen and oxygen atoms in total. The van der Waals surface area contributed by atoms with Gasteiger partial charge in [0.05, 0.1) is 18.2 Å². The van der Waals surface area contributed by atoms with Crippen molar-refractivity contribution >= 4 is 34.9 Å². The number of amidine groups is 1. The van der Waals surface area contributed by atoms with E-state index < -0.39 is 11.9 Å². The lowest BCUT2D eigenvalue weighted by Crippen LogP contribution is -2.41. The lowest BCUT2D eigenvalue weighted by atomic mass is 10.1. The molecule has 1 atom stereocenters. The second-order valence-electron chi connectivity index (χ2n) is 6.88. The molecule has 0 radical (unpaired) electrons. The van der Waals surface area contributed by atoms with Gasteiger partial charge in [0.25, 0.3) is 0 Å². The van der Waals surface area contributed by atoms with Crippen LogP contribution in [0, 0.1) is 11.2 Å². The number of benzene rings is 1. The van der Waals surface area contributed by atoms with Gasteiger partial charge in [-0.1, -0.05) is 23.2 Å². The first-order chi connectivity index (χ1) is 14.4. The van der Waals surface area contributed by atoms with Gasteiger partial charge in [-0.2, -0.15) is 0 Å². The van der Waals surface area contributed by atoms with Crippen LogP contribution in [0.5, 0.6) is 5.75 Å². The van der Waals surface area contributed by atoms with E-state index >= 15 is 0 Å². The minimum absolute atomic E-state index is 0.102. The Morgan fingerprint density at radius 2 is 2.13 bits per heavy atom. The number of nitrogen functional groups attached to an aromatic ring is 1. The van der Waals surface area contributed by atoms with Crippen molar-refractivity contribution in [3.63, 3.8) is 0 Å². The molecule has 0 amide bonds. The minimum atomic E-state index is -0.677. The van der Waals surface area contributed by atoms with E-state index in [9.17, 15) is 4.39 Å². The zero-order chi connectivity index (χ0) is 21.7. The Morgan fingerprint density at radius 3 is 2.87 bits per heavy atom. The number of pyridine rings is 1. The number of hydrogen-bond acceptors (Lipinski definition) is 6. The van der Waals surface area contributed by atoms with Crippen LogP contribution in [0.2, 0.25) is 10.0 Å². The molecule has 30 heavy (non-hydrogen) atoms. The van der Waals surface area contributed by atoms with Gasteiger partial charge in [-0.25, -0.2) is 9.37 Å². The molecule has 0 aliphatic carbocycles. The highest BCUT2D eigenvalue weighted by atomic mass is 35.5. The van der Waals surface area contributed by atoms with Gasteiger partial charge in [-0.15, -0.1) is 0 Å². The maximum Gasteiger partial charge on any atom is 0.166 e. The summed E-state index contributed by atoms with van der Waals surface area (Å²) in [5.41, 5.74) is 6.77. The van der Waals surface area contributed by atoms with Crippen molar-refractivity contribution in [2.75, 3.05) is 45.1 Å². The molecule has 0 bridgehead atoms. The molecule has 1 saturated heterocycles. The van der Waals surface area contributed by atoms with E-state index in [1.807, 2.05) is 0 Å². The van der Waals surface area contributed by atoms with Crippen molar-refractivity contribution in [1.82, 2.24) is 15.2 Å². The van der Waals surface area contributed by atoms with Crippen molar-refractivity contribution in [2.45, 2.75) is 13.0 Å². The molecule has 1 aromatic carbocycles. The Balaban J connectivity index is 1.66. The van der Waals surface area contributed by atoms with Gasteiger partial charge in [-0.05, 0) is 25.1 Å². The fourth-order valence-corrected chi connectivity index (χ4v) is 3.79. The van der Waals surface area contributed by atoms with Gasteiger partial charge in [0.15, 0.2) is 11.6 Å². The number of aromatic nitrogens is 1. The summed E-state index contributed by atoms with van der Waals surface area (Å²) in [5.74, 6) is 0.0270. The number of nitrogens with zero attached hydrogens (tertiary/aromatic N) is 2. The minimum Gasteiger partial charge on any atom is -0.482 e. The van der Waals surface area contributed by atoms with Crippen molar-refractivity contribution in [2.24, 2.45) is 0 Å². The van der Waals surface area contributed by atoms with Gasteiger partial charge < -0.3 is 20.5 Å². The normalized spacial score (nSPS) is 15.6. The second-order valence-corrected chi connectivity index (χ2v) is 7.67. The van der Waals surface area contributed by atoms with Crippen LogP contribution in [0.3, 0.4) is 0 Å². The molecule has 1 aliphatic heterocycles. The lowest BCUT2D eigenvalue weighted by Gasteiger charge is -2.26. The molecule has 1 aliphatic rings. The molecule has 0 saturated carbocycles. The molecular weight excluding hydrogens is 432 g/mol. The third-order valence-corrected chi connectivity index (χ3v) is 5.51. The highest BCUT2D eigenvalue weighted by Crippen LogP contribution is 2.35. The van der Waals surface area contributed by atoms with Crippen LogP contribution < -0.4 is 15.8 Å². The average molecular weight is 456 g/mol. The van der Waals surface area contributed by atoms with Gasteiger partial charge >= 0.3 is 0 Å². The maximum absolute atomic E-state index is 13.8. The first kappa shape index (κ1) is 22.6. The van der Waals surface area contributed by atoms with Crippen molar-refractivity contribution < 1.29 is 13.9 Å². The summed E-state index contributed by atoms with van der Waals surface area (Å²) in [6, 6.07) is 4.23. The highest BCUT2D eigenvalue weighted by Gasteiger charge is 2.20. The summed E-state index contributed by atoms with van der Waals surface area (Å²) in [4.78, 5) is 6.38. The number of halogens is 3. The highest BCUT2D eigenvalue weighted by molar-refractivity contribution is 6.36. The van der Waals surface area contributed by atoms with E-state index in [1.165, 1.54) is 18.3 Å². The first-order valence-electron chi connectivity index (χ1n) is 9.55. The van der Waals surface area contributed by atoms with Crippen molar-refractivity contribution in [3.05, 3.63) is 51.4 Å². The molecule has 4 N–H and O–H groups in total. The predicted molar refractivity (Wildman–Crippen MR) is 116 cm³/mol. The van der Waals surface area contributed by atoms with Gasteiger partial charge in [-0.3, -0.25) is 10.3 Å². The molecule has 2 heterocycles. The summed E-state index contributed by atoms with van der Waals surface area (Å²) >= 11 is 12.2. The molecule has 3 rings (SSSR count). The predicted octanol–water partition coefficient (Wildman–Crippen LogP) is 3.50. The van der Waals surface area contributed by atoms with Crippen LogP contribution in [0.1, 0.15) is 24.2 Å². The van der Waals surface area contributed by atoms with Gasteiger partial charge in [0.2, 0.25) is 0 Å². The Morgan fingerprint density at radius 1 is 1.40 bits per heavy atom. The molecule has 1 aromatic heterocycles. The zero-order valence-electron chi connectivity index (χ0n) is 16.6. The number of anilines is 1. The zero-order valence-corrected chi connectivity index (χ0v) is 18.1. The molecule has 1 fully saturated rings. The van der Waals surface area contributed by atoms with E-state index in [0.29, 0.717) is 17.7 Å². The molecule has 1 unspecified atom stereocenters. The van der Waals surface area contributed by atoms with E-state index in [-0.39, 0.29) is 27.4 Å². The maximum atomic E-state index is 13.8. The summed E-state index contributed by atoms with van der Waals surface area (Å²) < 4.78 is 25.0. The Bertz CT molecular complexity index is 909. The fourth-order valence-electron chi connectivity index (χ4n) is 3.12. The van der Waals surface area contributed by atoms with Gasteiger partial charge in [0.1, 0.15) is 17.8 Å². The third-order valence-electron chi connectivity index (χ3n) is 4.79. The van der Waals surface area contributed by atoms with Crippen LogP contribution in [0.4, 0.5) is 10.2 Å². The molecular formula is C20H24Cl2FN5O2. The monoisotopic (exact) mass is 455 g/mol. The summed E-state index contributed by atoms with van der Waals surface area (Å²) in [6.07, 6.45) is 0.822. The van der Waals surface area contributed by atoms with E-state index in [2.05, 4.69) is 15.2 Å². The number of rotatable bonds is 7. The summed E-state index contributed by atoms with van der Waals surface area (Å²) in [5, 5.41) is 11.5. The number of morpholine rings is 1. The lowest BCUT2D eigenvalue weighted by molar-refractivity contribution is 0.0389. The van der Waals surface area contributed by atoms with E-state index in [1.54, 1.807) is 13.0 Å².